The average Bonchev–Trinajstić information content (AvgIpc) is 2.42. The topological polar surface area (TPSA) is 64.8 Å². The number of carbonyl (C=O) groups excluding carboxylic acids is 1. The average molecular weight is 282 g/mol. The zero-order valence-corrected chi connectivity index (χ0v) is 11.9. The number of nitrogens with two attached hydrogens (primary N) is 1. The number of carbonyl (C=O) groups is 1. The molecule has 0 saturated carbocycles. The Kier molecular flexibility index (Phi) is 6.41. The maximum Gasteiger partial charge on any atom is 0.252 e. The molecule has 1 aromatic carbocycles. The van der Waals surface area contributed by atoms with Crippen molar-refractivity contribution in [3.63, 3.8) is 0 Å². The number of amides is 1. The van der Waals surface area contributed by atoms with E-state index in [1.54, 1.807) is 38.4 Å². The van der Waals surface area contributed by atoms with E-state index >= 15 is 0 Å². The standard InChI is InChI=1S/C13H18N2O3S/c1-15(12(16)9-18-8-7-17-2)11-5-3-10(4-6-11)13(14)19/h3-6H,7-9H2,1-2H3,(H2,14,19). The number of methoxy groups -OCH3 is 1. The molecule has 6 heteroatoms. The lowest BCUT2D eigenvalue weighted by atomic mass is 10.2. The summed E-state index contributed by atoms with van der Waals surface area (Å²) in [6.07, 6.45) is 0. The summed E-state index contributed by atoms with van der Waals surface area (Å²) in [7, 11) is 3.28. The Labute approximate surface area is 118 Å². The number of thiocarbonyl (C=S) groups is 1. The number of ether oxygens (including phenoxy) is 2. The Morgan fingerprint density at radius 3 is 2.47 bits per heavy atom. The molecule has 0 fully saturated rings. The van der Waals surface area contributed by atoms with Crippen LogP contribution in [0.1, 0.15) is 5.56 Å². The number of anilines is 1. The van der Waals surface area contributed by atoms with Crippen molar-refractivity contribution in [1.82, 2.24) is 0 Å². The molecular weight excluding hydrogens is 264 g/mol. The van der Waals surface area contributed by atoms with Gasteiger partial charge in [-0.15, -0.1) is 0 Å². The van der Waals surface area contributed by atoms with Crippen molar-refractivity contribution in [3.8, 4) is 0 Å². The number of nitrogens with zero attached hydrogens (tertiary/aromatic N) is 1. The molecule has 1 rings (SSSR count). The Hall–Kier alpha value is -1.50. The largest absolute Gasteiger partial charge is 0.389 e. The van der Waals surface area contributed by atoms with Crippen LogP contribution in [0.2, 0.25) is 0 Å². The van der Waals surface area contributed by atoms with Gasteiger partial charge in [-0.05, 0) is 24.3 Å². The summed E-state index contributed by atoms with van der Waals surface area (Å²) < 4.78 is 10.0. The van der Waals surface area contributed by atoms with Crippen molar-refractivity contribution in [2.24, 2.45) is 5.73 Å². The monoisotopic (exact) mass is 282 g/mol. The summed E-state index contributed by atoms with van der Waals surface area (Å²) in [5.74, 6) is -0.126. The molecule has 1 amide bonds. The molecule has 104 valence electrons. The Bertz CT molecular complexity index is 434. The summed E-state index contributed by atoms with van der Waals surface area (Å²) in [5, 5.41) is 0. The van der Waals surface area contributed by atoms with Crippen LogP contribution in [0.4, 0.5) is 5.69 Å². The smallest absolute Gasteiger partial charge is 0.252 e. The van der Waals surface area contributed by atoms with E-state index in [1.807, 2.05) is 0 Å². The van der Waals surface area contributed by atoms with Gasteiger partial charge in [-0.2, -0.15) is 0 Å². The maximum atomic E-state index is 11.8. The number of hydrogen-bond donors (Lipinski definition) is 1. The minimum atomic E-state index is -0.126. The SMILES string of the molecule is COCCOCC(=O)N(C)c1ccc(C(N)=S)cc1. The molecule has 0 heterocycles. The fourth-order valence-corrected chi connectivity index (χ4v) is 1.53. The van der Waals surface area contributed by atoms with Crippen LogP contribution in [0.15, 0.2) is 24.3 Å². The molecule has 0 bridgehead atoms. The third-order valence-electron chi connectivity index (χ3n) is 2.57. The molecule has 0 atom stereocenters. The molecule has 2 N–H and O–H groups in total. The van der Waals surface area contributed by atoms with E-state index in [0.717, 1.165) is 11.3 Å². The first-order chi connectivity index (χ1) is 9.06. The van der Waals surface area contributed by atoms with E-state index in [0.29, 0.717) is 18.2 Å². The van der Waals surface area contributed by atoms with Crippen LogP contribution in [0.5, 0.6) is 0 Å². The van der Waals surface area contributed by atoms with Gasteiger partial charge in [0, 0.05) is 25.4 Å². The number of hydrogen-bond acceptors (Lipinski definition) is 4. The Morgan fingerprint density at radius 2 is 1.95 bits per heavy atom. The van der Waals surface area contributed by atoms with Gasteiger partial charge in [0.1, 0.15) is 11.6 Å². The van der Waals surface area contributed by atoms with Gasteiger partial charge in [-0.25, -0.2) is 0 Å². The quantitative estimate of drug-likeness (QED) is 0.596. The number of rotatable bonds is 7. The summed E-state index contributed by atoms with van der Waals surface area (Å²) >= 11 is 4.87. The second-order valence-corrected chi connectivity index (χ2v) is 4.35. The molecule has 0 spiro atoms. The highest BCUT2D eigenvalue weighted by Crippen LogP contribution is 2.14. The van der Waals surface area contributed by atoms with Crippen LogP contribution in [-0.2, 0) is 14.3 Å². The summed E-state index contributed by atoms with van der Waals surface area (Å²) in [6.45, 7) is 0.896. The zero-order chi connectivity index (χ0) is 14.3. The van der Waals surface area contributed by atoms with Crippen molar-refractivity contribution in [3.05, 3.63) is 29.8 Å². The minimum absolute atomic E-state index is 0.0247. The number of benzene rings is 1. The zero-order valence-electron chi connectivity index (χ0n) is 11.1. The predicted molar refractivity (Wildman–Crippen MR) is 78.4 cm³/mol. The van der Waals surface area contributed by atoms with Crippen LogP contribution >= 0.6 is 12.2 Å². The van der Waals surface area contributed by atoms with Crippen molar-refractivity contribution in [1.29, 1.82) is 0 Å². The molecule has 19 heavy (non-hydrogen) atoms. The second-order valence-electron chi connectivity index (χ2n) is 3.91. The van der Waals surface area contributed by atoms with Crippen molar-refractivity contribution in [2.45, 2.75) is 0 Å². The summed E-state index contributed by atoms with van der Waals surface area (Å²) in [6, 6.07) is 7.16. The van der Waals surface area contributed by atoms with Gasteiger partial charge in [0.25, 0.3) is 5.91 Å². The van der Waals surface area contributed by atoms with E-state index in [9.17, 15) is 4.79 Å². The van der Waals surface area contributed by atoms with Gasteiger partial charge in [0.15, 0.2) is 0 Å². The first-order valence-corrected chi connectivity index (χ1v) is 6.20. The number of likely N-dealkylation sites (N-methyl/N-ethyl adjacent to an activating group) is 1. The van der Waals surface area contributed by atoms with Gasteiger partial charge >= 0.3 is 0 Å². The van der Waals surface area contributed by atoms with Crippen molar-refractivity contribution < 1.29 is 14.3 Å². The Balaban J connectivity index is 2.54. The highest BCUT2D eigenvalue weighted by atomic mass is 32.1. The summed E-state index contributed by atoms with van der Waals surface area (Å²) in [5.41, 5.74) is 7.05. The molecule has 0 aliphatic rings. The molecule has 0 aromatic heterocycles. The molecule has 0 unspecified atom stereocenters. The lowest BCUT2D eigenvalue weighted by Crippen LogP contribution is -2.30. The molecule has 0 radical (unpaired) electrons. The normalized spacial score (nSPS) is 10.2. The van der Waals surface area contributed by atoms with E-state index in [1.165, 1.54) is 4.90 Å². The van der Waals surface area contributed by atoms with Gasteiger partial charge in [0.2, 0.25) is 0 Å². The third-order valence-corrected chi connectivity index (χ3v) is 2.81. The Morgan fingerprint density at radius 1 is 1.32 bits per heavy atom. The third kappa shape index (κ3) is 4.94. The molecule has 0 aliphatic carbocycles. The highest BCUT2D eigenvalue weighted by molar-refractivity contribution is 7.80. The molecule has 5 nitrogen and oxygen atoms in total. The van der Waals surface area contributed by atoms with Crippen LogP contribution < -0.4 is 10.6 Å². The van der Waals surface area contributed by atoms with Gasteiger partial charge in [0.05, 0.1) is 13.2 Å². The first-order valence-electron chi connectivity index (χ1n) is 5.79. The molecular formula is C13H18N2O3S. The van der Waals surface area contributed by atoms with E-state index < -0.39 is 0 Å². The molecule has 0 saturated heterocycles. The van der Waals surface area contributed by atoms with Crippen molar-refractivity contribution >= 4 is 28.8 Å². The van der Waals surface area contributed by atoms with Gasteiger partial charge in [-0.3, -0.25) is 4.79 Å². The highest BCUT2D eigenvalue weighted by Gasteiger charge is 2.11. The fraction of sp³-hybridized carbons (Fsp3) is 0.385. The lowest BCUT2D eigenvalue weighted by molar-refractivity contribution is -0.123. The minimum Gasteiger partial charge on any atom is -0.389 e. The second kappa shape index (κ2) is 7.83. The maximum absolute atomic E-state index is 11.8. The fourth-order valence-electron chi connectivity index (χ4n) is 1.39. The first kappa shape index (κ1) is 15.6. The van der Waals surface area contributed by atoms with Gasteiger partial charge < -0.3 is 20.1 Å². The van der Waals surface area contributed by atoms with Crippen LogP contribution in [0, 0.1) is 0 Å². The van der Waals surface area contributed by atoms with Crippen LogP contribution in [-0.4, -0.2) is 44.9 Å². The van der Waals surface area contributed by atoms with Crippen LogP contribution in [0.3, 0.4) is 0 Å². The van der Waals surface area contributed by atoms with Crippen molar-refractivity contribution in [2.75, 3.05) is 38.9 Å². The molecule has 0 aliphatic heterocycles. The molecule has 1 aromatic rings. The van der Waals surface area contributed by atoms with E-state index in [-0.39, 0.29) is 12.5 Å². The van der Waals surface area contributed by atoms with Gasteiger partial charge in [-0.1, -0.05) is 12.2 Å². The lowest BCUT2D eigenvalue weighted by Gasteiger charge is -2.17. The predicted octanol–water partition coefficient (Wildman–Crippen LogP) is 0.947. The summed E-state index contributed by atoms with van der Waals surface area (Å²) in [4.78, 5) is 13.7. The van der Waals surface area contributed by atoms with E-state index in [2.05, 4.69) is 0 Å². The van der Waals surface area contributed by atoms with E-state index in [4.69, 9.17) is 27.4 Å². The van der Waals surface area contributed by atoms with Crippen LogP contribution in [0.25, 0.3) is 0 Å².